The van der Waals surface area contributed by atoms with Gasteiger partial charge in [-0.2, -0.15) is 0 Å². The number of para-hydroxylation sites is 1. The Morgan fingerprint density at radius 3 is 2.40 bits per heavy atom. The predicted molar refractivity (Wildman–Crippen MR) is 116 cm³/mol. The van der Waals surface area contributed by atoms with E-state index in [9.17, 15) is 14.7 Å². The maximum absolute atomic E-state index is 12.4. The lowest BCUT2D eigenvalue weighted by Crippen LogP contribution is -2.12. The Hall–Kier alpha value is -3.41. The van der Waals surface area contributed by atoms with Crippen molar-refractivity contribution in [3.8, 4) is 0 Å². The molecular formula is C24H27NO5. The van der Waals surface area contributed by atoms with Crippen LogP contribution in [-0.4, -0.2) is 29.9 Å². The predicted octanol–water partition coefficient (Wildman–Crippen LogP) is 5.48. The Bertz CT molecular complexity index is 918. The molecule has 2 rings (SSSR count). The van der Waals surface area contributed by atoms with Crippen molar-refractivity contribution >= 4 is 23.8 Å². The topological polar surface area (TPSA) is 85.2 Å². The van der Waals surface area contributed by atoms with E-state index in [0.29, 0.717) is 29.7 Å². The van der Waals surface area contributed by atoms with Crippen molar-refractivity contribution in [3.63, 3.8) is 0 Å². The number of benzene rings is 2. The van der Waals surface area contributed by atoms with Gasteiger partial charge in [-0.05, 0) is 38.5 Å². The second-order valence-corrected chi connectivity index (χ2v) is 6.56. The van der Waals surface area contributed by atoms with E-state index in [1.807, 2.05) is 19.1 Å². The normalized spacial score (nSPS) is 12.9. The fourth-order valence-corrected chi connectivity index (χ4v) is 2.77. The number of carbonyl (C=O) groups is 2. The van der Waals surface area contributed by atoms with E-state index in [4.69, 9.17) is 9.47 Å². The zero-order valence-electron chi connectivity index (χ0n) is 17.5. The van der Waals surface area contributed by atoms with Crippen LogP contribution in [0.3, 0.4) is 0 Å². The highest BCUT2D eigenvalue weighted by molar-refractivity contribution is 6.10. The summed E-state index contributed by atoms with van der Waals surface area (Å²) in [5, 5.41) is 10.2. The van der Waals surface area contributed by atoms with Gasteiger partial charge in [-0.3, -0.25) is 4.99 Å². The van der Waals surface area contributed by atoms with Crippen molar-refractivity contribution in [3.05, 3.63) is 77.1 Å². The minimum atomic E-state index is -0.631. The van der Waals surface area contributed by atoms with Crippen molar-refractivity contribution in [1.29, 1.82) is 0 Å². The van der Waals surface area contributed by atoms with Crippen LogP contribution in [0.2, 0.25) is 0 Å². The van der Waals surface area contributed by atoms with Gasteiger partial charge in [0.05, 0.1) is 17.9 Å². The first-order valence-electron chi connectivity index (χ1n) is 9.96. The van der Waals surface area contributed by atoms with Gasteiger partial charge in [-0.15, -0.1) is 0 Å². The van der Waals surface area contributed by atoms with E-state index in [2.05, 4.69) is 4.99 Å². The number of rotatable bonds is 9. The Labute approximate surface area is 176 Å². The van der Waals surface area contributed by atoms with Crippen molar-refractivity contribution in [2.45, 2.75) is 39.7 Å². The summed E-state index contributed by atoms with van der Waals surface area (Å²) in [4.78, 5) is 28.9. The first-order valence-corrected chi connectivity index (χ1v) is 9.96. The van der Waals surface area contributed by atoms with Gasteiger partial charge in [0.25, 0.3) is 0 Å². The first-order chi connectivity index (χ1) is 14.5. The number of ether oxygens (including phenoxy) is 2. The van der Waals surface area contributed by atoms with Gasteiger partial charge in [0.1, 0.15) is 17.4 Å². The average Bonchev–Trinajstić information content (AvgIpc) is 2.75. The highest BCUT2D eigenvalue weighted by Gasteiger charge is 2.18. The zero-order valence-corrected chi connectivity index (χ0v) is 17.5. The number of hydrogen-bond acceptors (Lipinski definition) is 6. The Morgan fingerprint density at radius 2 is 1.73 bits per heavy atom. The highest BCUT2D eigenvalue weighted by Crippen LogP contribution is 2.28. The molecule has 158 valence electrons. The summed E-state index contributed by atoms with van der Waals surface area (Å²) in [5.74, 6) is -1.14. The molecule has 0 bridgehead atoms. The molecule has 0 heterocycles. The standard InChI is InChI=1S/C24H27NO5/c1-4-11-22(26)20(24(28)29-5-2)16-25-21-15-10-9-14-19(21)17(3)30-23(27)18-12-7-6-8-13-18/h6-10,12-17,26H,4-5,11H2,1-3H3. The maximum Gasteiger partial charge on any atom is 0.343 e. The van der Waals surface area contributed by atoms with E-state index >= 15 is 0 Å². The number of aliphatic imine (C=N–C) groups is 1. The van der Waals surface area contributed by atoms with Crippen LogP contribution in [0.4, 0.5) is 5.69 Å². The van der Waals surface area contributed by atoms with Crippen LogP contribution in [0.25, 0.3) is 0 Å². The summed E-state index contributed by atoms with van der Waals surface area (Å²) in [6, 6.07) is 15.9. The van der Waals surface area contributed by atoms with E-state index in [0.717, 1.165) is 0 Å². The van der Waals surface area contributed by atoms with E-state index < -0.39 is 18.0 Å². The van der Waals surface area contributed by atoms with Gasteiger partial charge < -0.3 is 14.6 Å². The van der Waals surface area contributed by atoms with Crippen LogP contribution in [-0.2, 0) is 14.3 Å². The van der Waals surface area contributed by atoms with Gasteiger partial charge >= 0.3 is 11.9 Å². The monoisotopic (exact) mass is 409 g/mol. The molecule has 2 aromatic rings. The lowest BCUT2D eigenvalue weighted by Gasteiger charge is -2.15. The number of nitrogens with zero attached hydrogens (tertiary/aromatic N) is 1. The maximum atomic E-state index is 12.4. The molecule has 0 amide bonds. The largest absolute Gasteiger partial charge is 0.511 e. The second kappa shape index (κ2) is 11.6. The van der Waals surface area contributed by atoms with E-state index in [-0.39, 0.29) is 17.9 Å². The van der Waals surface area contributed by atoms with Gasteiger partial charge in [0.2, 0.25) is 0 Å². The lowest BCUT2D eigenvalue weighted by molar-refractivity contribution is -0.138. The van der Waals surface area contributed by atoms with Gasteiger partial charge in [-0.1, -0.05) is 43.3 Å². The van der Waals surface area contributed by atoms with Crippen LogP contribution in [0.15, 0.2) is 70.9 Å². The summed E-state index contributed by atoms with van der Waals surface area (Å²) >= 11 is 0. The molecule has 0 saturated heterocycles. The zero-order chi connectivity index (χ0) is 21.9. The molecule has 6 nitrogen and oxygen atoms in total. The first kappa shape index (κ1) is 22.9. The fourth-order valence-electron chi connectivity index (χ4n) is 2.77. The molecule has 2 aromatic carbocycles. The van der Waals surface area contributed by atoms with Crippen LogP contribution in [0.1, 0.15) is 55.6 Å². The number of carbonyl (C=O) groups excluding carboxylic acids is 2. The van der Waals surface area contributed by atoms with E-state index in [1.54, 1.807) is 56.3 Å². The van der Waals surface area contributed by atoms with Gasteiger partial charge in [-0.25, -0.2) is 9.59 Å². The molecule has 0 aliphatic rings. The quantitative estimate of drug-likeness (QED) is 0.256. The molecule has 0 aliphatic heterocycles. The van der Waals surface area contributed by atoms with Crippen molar-refractivity contribution < 1.29 is 24.2 Å². The number of allylic oxidation sites excluding steroid dienone is 1. The van der Waals surface area contributed by atoms with Crippen molar-refractivity contribution in [2.75, 3.05) is 6.61 Å². The van der Waals surface area contributed by atoms with Crippen LogP contribution >= 0.6 is 0 Å². The Kier molecular flexibility index (Phi) is 8.81. The third-order valence-electron chi connectivity index (χ3n) is 4.29. The number of aliphatic hydroxyl groups excluding tert-OH is 1. The Morgan fingerprint density at radius 1 is 1.07 bits per heavy atom. The Balaban J connectivity index is 2.27. The molecule has 30 heavy (non-hydrogen) atoms. The fraction of sp³-hybridized carbons (Fsp3) is 0.292. The molecular weight excluding hydrogens is 382 g/mol. The number of aliphatic hydroxyl groups is 1. The van der Waals surface area contributed by atoms with Crippen LogP contribution in [0, 0.1) is 0 Å². The third-order valence-corrected chi connectivity index (χ3v) is 4.29. The number of hydrogen-bond donors (Lipinski definition) is 1. The second-order valence-electron chi connectivity index (χ2n) is 6.56. The van der Waals surface area contributed by atoms with Crippen LogP contribution < -0.4 is 0 Å². The minimum absolute atomic E-state index is 0.0161. The molecule has 0 aliphatic carbocycles. The molecule has 1 unspecified atom stereocenters. The van der Waals surface area contributed by atoms with Crippen molar-refractivity contribution in [1.82, 2.24) is 0 Å². The smallest absolute Gasteiger partial charge is 0.343 e. The van der Waals surface area contributed by atoms with Crippen LogP contribution in [0.5, 0.6) is 0 Å². The molecule has 6 heteroatoms. The molecule has 0 saturated carbocycles. The molecule has 0 spiro atoms. The lowest BCUT2D eigenvalue weighted by atomic mass is 10.1. The SMILES string of the molecule is CCCC(O)=C(C=Nc1ccccc1C(C)OC(=O)c1ccccc1)C(=O)OCC. The summed E-state index contributed by atoms with van der Waals surface area (Å²) in [7, 11) is 0. The molecule has 1 N–H and O–H groups in total. The summed E-state index contributed by atoms with van der Waals surface area (Å²) in [6.45, 7) is 5.54. The molecule has 1 atom stereocenters. The third kappa shape index (κ3) is 6.30. The molecule has 0 radical (unpaired) electrons. The number of esters is 2. The molecule has 0 aromatic heterocycles. The van der Waals surface area contributed by atoms with E-state index in [1.165, 1.54) is 6.21 Å². The van der Waals surface area contributed by atoms with Gasteiger partial charge in [0, 0.05) is 18.2 Å². The summed E-state index contributed by atoms with van der Waals surface area (Å²) < 4.78 is 10.6. The van der Waals surface area contributed by atoms with Crippen molar-refractivity contribution in [2.24, 2.45) is 4.99 Å². The average molecular weight is 409 g/mol. The summed E-state index contributed by atoms with van der Waals surface area (Å²) in [5.41, 5.74) is 1.68. The highest BCUT2D eigenvalue weighted by atomic mass is 16.5. The summed E-state index contributed by atoms with van der Waals surface area (Å²) in [6.07, 6.45) is 1.75. The minimum Gasteiger partial charge on any atom is -0.511 e. The molecule has 0 fully saturated rings. The van der Waals surface area contributed by atoms with Gasteiger partial charge in [0.15, 0.2) is 0 Å².